The quantitative estimate of drug-likeness (QED) is 0.513. The first-order chi connectivity index (χ1) is 14.1. The third-order valence-electron chi connectivity index (χ3n) is 4.32. The van der Waals surface area contributed by atoms with E-state index in [4.69, 9.17) is 15.2 Å². The molecule has 0 saturated heterocycles. The van der Waals surface area contributed by atoms with Gasteiger partial charge in [0.2, 0.25) is 5.88 Å². The van der Waals surface area contributed by atoms with Crippen LogP contribution in [-0.4, -0.2) is 21.1 Å². The van der Waals surface area contributed by atoms with Crippen molar-refractivity contribution in [3.8, 4) is 11.6 Å². The van der Waals surface area contributed by atoms with E-state index in [9.17, 15) is 15.0 Å². The number of carbonyl (C=O) groups excluding carboxylic acids is 1. The second-order valence-electron chi connectivity index (χ2n) is 6.28. The van der Waals surface area contributed by atoms with E-state index in [0.717, 1.165) is 11.1 Å². The van der Waals surface area contributed by atoms with Crippen molar-refractivity contribution in [1.29, 1.82) is 0 Å². The Morgan fingerprint density at radius 3 is 1.83 bits per heavy atom. The van der Waals surface area contributed by atoms with Crippen molar-refractivity contribution in [1.82, 2.24) is 4.98 Å². The lowest BCUT2D eigenvalue weighted by atomic mass is 10.1. The van der Waals surface area contributed by atoms with Crippen LogP contribution < -0.4 is 15.2 Å². The van der Waals surface area contributed by atoms with Gasteiger partial charge in [0.05, 0.1) is 13.2 Å². The number of aromatic nitrogens is 1. The van der Waals surface area contributed by atoms with Crippen LogP contribution in [0.15, 0.2) is 60.7 Å². The topological polar surface area (TPSA) is 115 Å². The minimum atomic E-state index is -0.822. The number of carbonyl (C=O) groups is 1. The second kappa shape index (κ2) is 9.68. The summed E-state index contributed by atoms with van der Waals surface area (Å²) in [6, 6.07) is 18.7. The summed E-state index contributed by atoms with van der Waals surface area (Å²) in [6.07, 6.45) is 0. The molecule has 0 atom stereocenters. The van der Waals surface area contributed by atoms with Crippen molar-refractivity contribution in [2.45, 2.75) is 26.4 Å². The molecule has 1 heterocycles. The highest BCUT2D eigenvalue weighted by Gasteiger charge is 2.24. The maximum absolute atomic E-state index is 12.0. The molecule has 2 aromatic carbocycles. The Hall–Kier alpha value is -3.42. The summed E-state index contributed by atoms with van der Waals surface area (Å²) in [5.41, 5.74) is 7.54. The number of primary amides is 1. The molecule has 0 aliphatic rings. The minimum absolute atomic E-state index is 0.0289. The summed E-state index contributed by atoms with van der Waals surface area (Å²) in [5, 5.41) is 19.8. The summed E-state index contributed by atoms with van der Waals surface area (Å²) in [7, 11) is 0. The number of amides is 1. The number of aliphatic hydroxyl groups excluding tert-OH is 2. The molecule has 1 aromatic heterocycles. The van der Waals surface area contributed by atoms with Crippen LogP contribution in [0.3, 0.4) is 0 Å². The van der Waals surface area contributed by atoms with Crippen molar-refractivity contribution in [3.05, 3.63) is 88.6 Å². The Kier molecular flexibility index (Phi) is 6.78. The van der Waals surface area contributed by atoms with Gasteiger partial charge >= 0.3 is 0 Å². The van der Waals surface area contributed by atoms with E-state index in [1.165, 1.54) is 0 Å². The molecule has 3 aromatic rings. The van der Waals surface area contributed by atoms with Gasteiger partial charge in [0.1, 0.15) is 13.2 Å². The van der Waals surface area contributed by atoms with Crippen LogP contribution in [0.5, 0.6) is 11.6 Å². The van der Waals surface area contributed by atoms with Crippen LogP contribution in [0.4, 0.5) is 0 Å². The maximum atomic E-state index is 12.0. The van der Waals surface area contributed by atoms with E-state index in [0.29, 0.717) is 0 Å². The minimum Gasteiger partial charge on any atom is -0.486 e. The molecule has 0 radical (unpaired) electrons. The largest absolute Gasteiger partial charge is 0.486 e. The first-order valence-electron chi connectivity index (χ1n) is 9.04. The van der Waals surface area contributed by atoms with Gasteiger partial charge in [0.15, 0.2) is 11.4 Å². The van der Waals surface area contributed by atoms with Crippen LogP contribution in [0.2, 0.25) is 0 Å². The van der Waals surface area contributed by atoms with E-state index >= 15 is 0 Å². The lowest BCUT2D eigenvalue weighted by molar-refractivity contribution is 0.0987. The molecule has 7 nitrogen and oxygen atoms in total. The van der Waals surface area contributed by atoms with Crippen molar-refractivity contribution < 1.29 is 24.5 Å². The highest BCUT2D eigenvalue weighted by atomic mass is 16.5. The zero-order valence-electron chi connectivity index (χ0n) is 15.7. The van der Waals surface area contributed by atoms with Gasteiger partial charge < -0.3 is 25.4 Å². The standard InChI is InChI=1S/C22H22N2O5/c23-21(27)19-20(28-13-15-7-3-1-4-8-15)17(11-25)18(12-26)22(24-19)29-14-16-9-5-2-6-10-16/h1-10,25-26H,11-14H2,(H2,23,27). The Bertz CT molecular complexity index is 962. The monoisotopic (exact) mass is 394 g/mol. The number of rotatable bonds is 9. The smallest absolute Gasteiger partial charge is 0.271 e. The van der Waals surface area contributed by atoms with E-state index in [1.54, 1.807) is 0 Å². The molecular weight excluding hydrogens is 372 g/mol. The highest BCUT2D eigenvalue weighted by molar-refractivity contribution is 5.94. The molecule has 0 unspecified atom stereocenters. The SMILES string of the molecule is NC(=O)c1nc(OCc2ccccc2)c(CO)c(CO)c1OCc1ccccc1. The zero-order valence-corrected chi connectivity index (χ0v) is 15.7. The summed E-state index contributed by atoms with van der Waals surface area (Å²) in [4.78, 5) is 16.2. The maximum Gasteiger partial charge on any atom is 0.271 e. The first-order valence-corrected chi connectivity index (χ1v) is 9.04. The Morgan fingerprint density at radius 2 is 1.34 bits per heavy atom. The summed E-state index contributed by atoms with van der Waals surface area (Å²) < 4.78 is 11.5. The second-order valence-corrected chi connectivity index (χ2v) is 6.28. The third-order valence-corrected chi connectivity index (χ3v) is 4.32. The molecule has 0 fully saturated rings. The van der Waals surface area contributed by atoms with Gasteiger partial charge in [0.25, 0.3) is 5.91 Å². The highest BCUT2D eigenvalue weighted by Crippen LogP contribution is 2.33. The third kappa shape index (κ3) is 4.90. The van der Waals surface area contributed by atoms with Gasteiger partial charge in [-0.3, -0.25) is 4.79 Å². The molecule has 0 aliphatic heterocycles. The molecule has 150 valence electrons. The fourth-order valence-electron chi connectivity index (χ4n) is 2.86. The molecule has 0 saturated carbocycles. The van der Waals surface area contributed by atoms with Crippen LogP contribution >= 0.6 is 0 Å². The number of nitrogens with two attached hydrogens (primary N) is 1. The zero-order chi connectivity index (χ0) is 20.6. The number of pyridine rings is 1. The Labute approximate surface area is 168 Å². The number of ether oxygens (including phenoxy) is 2. The number of hydrogen-bond donors (Lipinski definition) is 3. The van der Waals surface area contributed by atoms with Gasteiger partial charge in [-0.25, -0.2) is 4.98 Å². The number of aliphatic hydroxyl groups is 2. The average molecular weight is 394 g/mol. The van der Waals surface area contributed by atoms with Gasteiger partial charge in [-0.05, 0) is 11.1 Å². The van der Waals surface area contributed by atoms with Crippen LogP contribution in [-0.2, 0) is 26.4 Å². The molecule has 4 N–H and O–H groups in total. The molecule has 3 rings (SSSR count). The van der Waals surface area contributed by atoms with Crippen molar-refractivity contribution >= 4 is 5.91 Å². The molecule has 7 heteroatoms. The molecular formula is C22H22N2O5. The normalized spacial score (nSPS) is 10.6. The van der Waals surface area contributed by atoms with E-state index in [2.05, 4.69) is 4.98 Å². The predicted octanol–water partition coefficient (Wildman–Crippen LogP) is 2.32. The molecule has 0 aliphatic carbocycles. The van der Waals surface area contributed by atoms with Gasteiger partial charge in [-0.15, -0.1) is 0 Å². The van der Waals surface area contributed by atoms with E-state index < -0.39 is 19.1 Å². The number of benzene rings is 2. The number of hydrogen-bond acceptors (Lipinski definition) is 6. The fraction of sp³-hybridized carbons (Fsp3) is 0.182. The van der Waals surface area contributed by atoms with Crippen molar-refractivity contribution in [2.24, 2.45) is 5.73 Å². The fourth-order valence-corrected chi connectivity index (χ4v) is 2.86. The Morgan fingerprint density at radius 1 is 0.828 bits per heavy atom. The van der Waals surface area contributed by atoms with Gasteiger partial charge in [-0.2, -0.15) is 0 Å². The summed E-state index contributed by atoms with van der Waals surface area (Å²) >= 11 is 0. The lowest BCUT2D eigenvalue weighted by Gasteiger charge is -2.19. The molecule has 0 bridgehead atoms. The molecule has 1 amide bonds. The Balaban J connectivity index is 1.95. The predicted molar refractivity (Wildman–Crippen MR) is 106 cm³/mol. The summed E-state index contributed by atoms with van der Waals surface area (Å²) in [5.74, 6) is -0.752. The van der Waals surface area contributed by atoms with Crippen molar-refractivity contribution in [2.75, 3.05) is 0 Å². The summed E-state index contributed by atoms with van der Waals surface area (Å²) in [6.45, 7) is -0.614. The van der Waals surface area contributed by atoms with E-state index in [-0.39, 0.29) is 41.7 Å². The first kappa shape index (κ1) is 20.3. The number of nitrogens with zero attached hydrogens (tertiary/aromatic N) is 1. The van der Waals surface area contributed by atoms with E-state index in [1.807, 2.05) is 60.7 Å². The van der Waals surface area contributed by atoms with Crippen molar-refractivity contribution in [3.63, 3.8) is 0 Å². The average Bonchev–Trinajstić information content (AvgIpc) is 2.76. The van der Waals surface area contributed by atoms with Crippen LogP contribution in [0.25, 0.3) is 0 Å². The van der Waals surface area contributed by atoms with Crippen LogP contribution in [0.1, 0.15) is 32.7 Å². The molecule has 0 spiro atoms. The molecule has 29 heavy (non-hydrogen) atoms. The van der Waals surface area contributed by atoms with Crippen LogP contribution in [0, 0.1) is 0 Å². The van der Waals surface area contributed by atoms with Gasteiger partial charge in [0, 0.05) is 11.1 Å². The lowest BCUT2D eigenvalue weighted by Crippen LogP contribution is -2.19. The van der Waals surface area contributed by atoms with Gasteiger partial charge in [-0.1, -0.05) is 60.7 Å².